The van der Waals surface area contributed by atoms with Gasteiger partial charge in [0, 0.05) is 10.7 Å². The van der Waals surface area contributed by atoms with Crippen LogP contribution in [0, 0.1) is 0 Å². The molecule has 0 bridgehead atoms. The second-order valence-electron chi connectivity index (χ2n) is 5.57. The molecule has 8 heteroatoms. The monoisotopic (exact) mass is 390 g/mol. The molecule has 0 aromatic heterocycles. The first-order valence-corrected chi connectivity index (χ1v) is 8.58. The number of rotatable bonds is 7. The Bertz CT molecular complexity index is 854. The van der Waals surface area contributed by atoms with Crippen LogP contribution in [0.1, 0.15) is 22.8 Å². The number of hydrogen-bond donors (Lipinski definition) is 3. The number of para-hydroxylation sites is 1. The number of amides is 2. The summed E-state index contributed by atoms with van der Waals surface area (Å²) in [7, 11) is 0. The molecule has 0 spiro atoms. The van der Waals surface area contributed by atoms with Crippen molar-refractivity contribution in [2.24, 2.45) is 0 Å². The fourth-order valence-electron chi connectivity index (χ4n) is 2.26. The van der Waals surface area contributed by atoms with Crippen molar-refractivity contribution in [2.45, 2.75) is 13.3 Å². The highest BCUT2D eigenvalue weighted by molar-refractivity contribution is 6.31. The first-order chi connectivity index (χ1) is 12.9. The predicted molar refractivity (Wildman–Crippen MR) is 101 cm³/mol. The summed E-state index contributed by atoms with van der Waals surface area (Å²) in [5, 5.41) is 14.9. The van der Waals surface area contributed by atoms with E-state index in [1.54, 1.807) is 12.1 Å². The molecule has 3 N–H and O–H groups in total. The zero-order valence-corrected chi connectivity index (χ0v) is 15.4. The minimum atomic E-state index is -0.897. The molecule has 0 aliphatic carbocycles. The van der Waals surface area contributed by atoms with E-state index in [0.717, 1.165) is 12.0 Å². The van der Waals surface area contributed by atoms with Crippen LogP contribution in [0.15, 0.2) is 42.5 Å². The van der Waals surface area contributed by atoms with Gasteiger partial charge in [0.25, 0.3) is 5.91 Å². The number of halogens is 1. The van der Waals surface area contributed by atoms with Crippen LogP contribution < -0.4 is 10.6 Å². The van der Waals surface area contributed by atoms with E-state index < -0.39 is 24.4 Å². The molecule has 0 radical (unpaired) electrons. The van der Waals surface area contributed by atoms with Crippen molar-refractivity contribution in [3.63, 3.8) is 0 Å². The van der Waals surface area contributed by atoms with E-state index in [0.29, 0.717) is 5.69 Å². The first-order valence-electron chi connectivity index (χ1n) is 8.20. The van der Waals surface area contributed by atoms with Crippen molar-refractivity contribution < 1.29 is 24.2 Å². The molecule has 0 unspecified atom stereocenters. The largest absolute Gasteiger partial charge is 0.507 e. The Kier molecular flexibility index (Phi) is 7.19. The number of carbonyl (C=O) groups excluding carboxylic acids is 3. The highest BCUT2D eigenvalue weighted by Crippen LogP contribution is 2.22. The Morgan fingerprint density at radius 1 is 1.11 bits per heavy atom. The summed E-state index contributed by atoms with van der Waals surface area (Å²) in [6, 6.07) is 11.2. The predicted octanol–water partition coefficient (Wildman–Crippen LogP) is 2.52. The molecule has 2 rings (SSSR count). The number of hydrogen-bond acceptors (Lipinski definition) is 5. The van der Waals surface area contributed by atoms with E-state index in [1.165, 1.54) is 18.2 Å². The van der Waals surface area contributed by atoms with Gasteiger partial charge >= 0.3 is 5.97 Å². The van der Waals surface area contributed by atoms with Crippen LogP contribution in [0.3, 0.4) is 0 Å². The zero-order chi connectivity index (χ0) is 19.8. The maximum atomic E-state index is 11.9. The van der Waals surface area contributed by atoms with Gasteiger partial charge in [-0.15, -0.1) is 0 Å². The molecule has 7 nitrogen and oxygen atoms in total. The van der Waals surface area contributed by atoms with Crippen LogP contribution in [0.4, 0.5) is 5.69 Å². The lowest BCUT2D eigenvalue weighted by Crippen LogP contribution is -2.35. The third-order valence-electron chi connectivity index (χ3n) is 3.63. The van der Waals surface area contributed by atoms with E-state index in [9.17, 15) is 19.5 Å². The van der Waals surface area contributed by atoms with Gasteiger partial charge in [0.2, 0.25) is 5.91 Å². The molecular weight excluding hydrogens is 372 g/mol. The molecule has 0 aliphatic heterocycles. The summed E-state index contributed by atoms with van der Waals surface area (Å²) in [4.78, 5) is 35.6. The maximum absolute atomic E-state index is 11.9. The summed E-state index contributed by atoms with van der Waals surface area (Å²) >= 11 is 5.75. The molecule has 2 aromatic rings. The van der Waals surface area contributed by atoms with Crippen LogP contribution in [-0.2, 0) is 20.7 Å². The smallest absolute Gasteiger partial charge is 0.342 e. The fraction of sp³-hybridized carbons (Fsp3) is 0.211. The van der Waals surface area contributed by atoms with Gasteiger partial charge in [-0.05, 0) is 36.2 Å². The van der Waals surface area contributed by atoms with Gasteiger partial charge in [0.1, 0.15) is 11.3 Å². The number of phenols is 1. The summed E-state index contributed by atoms with van der Waals surface area (Å²) in [5.41, 5.74) is 1.51. The molecule has 0 atom stereocenters. The lowest BCUT2D eigenvalue weighted by molar-refractivity contribution is -0.126. The van der Waals surface area contributed by atoms with Crippen molar-refractivity contribution >= 4 is 35.1 Å². The van der Waals surface area contributed by atoms with Crippen molar-refractivity contribution in [3.05, 3.63) is 58.6 Å². The molecule has 2 amide bonds. The molecule has 0 heterocycles. The third-order valence-corrected chi connectivity index (χ3v) is 3.87. The van der Waals surface area contributed by atoms with E-state index in [-0.39, 0.29) is 22.9 Å². The number of anilines is 1. The maximum Gasteiger partial charge on any atom is 0.342 e. The zero-order valence-electron chi connectivity index (χ0n) is 14.6. The van der Waals surface area contributed by atoms with Gasteiger partial charge in [-0.3, -0.25) is 9.59 Å². The molecular formula is C19H19ClN2O5. The van der Waals surface area contributed by atoms with Gasteiger partial charge in [0.05, 0.1) is 6.54 Å². The van der Waals surface area contributed by atoms with Crippen molar-refractivity contribution in [2.75, 3.05) is 18.5 Å². The number of phenolic OH excluding ortho intramolecular Hbond substituents is 1. The molecule has 27 heavy (non-hydrogen) atoms. The van der Waals surface area contributed by atoms with Gasteiger partial charge in [0.15, 0.2) is 6.61 Å². The average molecular weight is 391 g/mol. The van der Waals surface area contributed by atoms with E-state index in [1.807, 2.05) is 19.1 Å². The quantitative estimate of drug-likeness (QED) is 0.630. The number of carbonyl (C=O) groups is 3. The Labute approximate surface area is 161 Å². The Balaban J connectivity index is 1.79. The van der Waals surface area contributed by atoms with Gasteiger partial charge < -0.3 is 20.5 Å². The second-order valence-corrected chi connectivity index (χ2v) is 6.01. The lowest BCUT2D eigenvalue weighted by Gasteiger charge is -2.10. The number of nitrogens with one attached hydrogen (secondary N) is 2. The Morgan fingerprint density at radius 3 is 2.59 bits per heavy atom. The van der Waals surface area contributed by atoms with Gasteiger partial charge in [-0.2, -0.15) is 0 Å². The number of benzene rings is 2. The Hall–Kier alpha value is -3.06. The molecule has 0 aliphatic rings. The van der Waals surface area contributed by atoms with E-state index in [4.69, 9.17) is 16.3 Å². The molecule has 142 valence electrons. The summed E-state index contributed by atoms with van der Waals surface area (Å²) in [6.07, 6.45) is 0.759. The highest BCUT2D eigenvalue weighted by atomic mass is 35.5. The van der Waals surface area contributed by atoms with E-state index >= 15 is 0 Å². The topological polar surface area (TPSA) is 105 Å². The van der Waals surface area contributed by atoms with Crippen LogP contribution in [0.5, 0.6) is 5.75 Å². The molecule has 0 saturated carbocycles. The van der Waals surface area contributed by atoms with Crippen LogP contribution in [0.2, 0.25) is 5.02 Å². The average Bonchev–Trinajstić information content (AvgIpc) is 2.66. The first kappa shape index (κ1) is 20.3. The number of aryl methyl sites for hydroxylation is 1. The van der Waals surface area contributed by atoms with E-state index in [2.05, 4.69) is 10.6 Å². The van der Waals surface area contributed by atoms with Crippen LogP contribution in [-0.4, -0.2) is 36.0 Å². The minimum absolute atomic E-state index is 0.149. The summed E-state index contributed by atoms with van der Waals surface area (Å²) < 4.78 is 4.81. The third kappa shape index (κ3) is 6.00. The summed E-state index contributed by atoms with van der Waals surface area (Å²) in [6.45, 7) is 1.11. The van der Waals surface area contributed by atoms with Gasteiger partial charge in [-0.1, -0.05) is 36.7 Å². The standard InChI is InChI=1S/C19H19ClN2O5/c1-2-12-5-3-4-6-15(12)22-17(24)10-21-18(25)11-27-19(26)14-9-13(20)7-8-16(14)23/h3-9,23H,2,10-11H2,1H3,(H,21,25)(H,22,24). The lowest BCUT2D eigenvalue weighted by atomic mass is 10.1. The molecule has 0 fully saturated rings. The molecule has 2 aromatic carbocycles. The number of esters is 1. The van der Waals surface area contributed by atoms with Crippen LogP contribution >= 0.6 is 11.6 Å². The fourth-order valence-corrected chi connectivity index (χ4v) is 2.43. The highest BCUT2D eigenvalue weighted by Gasteiger charge is 2.15. The summed E-state index contributed by atoms with van der Waals surface area (Å²) in [5.74, 6) is -2.25. The van der Waals surface area contributed by atoms with Crippen LogP contribution in [0.25, 0.3) is 0 Å². The Morgan fingerprint density at radius 2 is 1.85 bits per heavy atom. The second kappa shape index (κ2) is 9.59. The number of aromatic hydroxyl groups is 1. The van der Waals surface area contributed by atoms with Crippen molar-refractivity contribution in [1.82, 2.24) is 5.32 Å². The van der Waals surface area contributed by atoms with Crippen molar-refractivity contribution in [1.29, 1.82) is 0 Å². The molecule has 0 saturated heterocycles. The minimum Gasteiger partial charge on any atom is -0.507 e. The van der Waals surface area contributed by atoms with Gasteiger partial charge in [-0.25, -0.2) is 4.79 Å². The normalized spacial score (nSPS) is 10.1. The number of ether oxygens (including phenoxy) is 1. The van der Waals surface area contributed by atoms with Crippen molar-refractivity contribution in [3.8, 4) is 5.75 Å². The SMILES string of the molecule is CCc1ccccc1NC(=O)CNC(=O)COC(=O)c1cc(Cl)ccc1O.